The minimum Gasteiger partial charge on any atom is -0.493 e. The molecule has 0 saturated carbocycles. The summed E-state index contributed by atoms with van der Waals surface area (Å²) in [6.45, 7) is 2.87. The summed E-state index contributed by atoms with van der Waals surface area (Å²) < 4.78 is 55.2. The number of aliphatic hydroxyl groups excluding tert-OH is 1. The van der Waals surface area contributed by atoms with Crippen LogP contribution in [-0.4, -0.2) is 69.7 Å². The molecular formula is C22H28ClF3N2O4. The largest absolute Gasteiger partial charge is 0.493 e. The van der Waals surface area contributed by atoms with Gasteiger partial charge in [0, 0.05) is 38.4 Å². The Hall–Kier alpha value is -2.36. The number of rotatable bonds is 8. The second-order valence-electron chi connectivity index (χ2n) is 7.29. The highest BCUT2D eigenvalue weighted by Crippen LogP contribution is 2.37. The van der Waals surface area contributed by atoms with Crippen LogP contribution in [-0.2, 0) is 6.18 Å². The van der Waals surface area contributed by atoms with Gasteiger partial charge in [-0.1, -0.05) is 12.1 Å². The molecule has 1 unspecified atom stereocenters. The highest BCUT2D eigenvalue weighted by atomic mass is 35.5. The molecule has 1 atom stereocenters. The molecule has 0 bridgehead atoms. The standard InChI is InChI=1S/C22H27F3N2O4.ClH/c1-29-19-7-4-8-20(30-2)21(19)31-15-18(28)14-26-9-11-27(12-10-26)17-6-3-5-16(13-17)22(23,24)25;/h3-8,13,18,28H,9-12,14-15H2,1-2H3;1H. The van der Waals surface area contributed by atoms with Gasteiger partial charge in [0.25, 0.3) is 0 Å². The average molecular weight is 477 g/mol. The number of anilines is 1. The first kappa shape index (κ1) is 25.9. The molecule has 1 saturated heterocycles. The molecule has 2 aromatic rings. The van der Waals surface area contributed by atoms with E-state index in [1.54, 1.807) is 24.3 Å². The maximum Gasteiger partial charge on any atom is 0.416 e. The number of hydrogen-bond donors (Lipinski definition) is 1. The molecule has 1 fully saturated rings. The van der Waals surface area contributed by atoms with Gasteiger partial charge >= 0.3 is 6.18 Å². The van der Waals surface area contributed by atoms with Crippen molar-refractivity contribution < 1.29 is 32.5 Å². The summed E-state index contributed by atoms with van der Waals surface area (Å²) in [5.41, 5.74) is -0.0895. The average Bonchev–Trinajstić information content (AvgIpc) is 2.77. The molecule has 0 radical (unpaired) electrons. The van der Waals surface area contributed by atoms with Crippen LogP contribution in [0.2, 0.25) is 0 Å². The maximum atomic E-state index is 12.9. The summed E-state index contributed by atoms with van der Waals surface area (Å²) in [5.74, 6) is 1.46. The van der Waals surface area contributed by atoms with Crippen molar-refractivity contribution in [2.45, 2.75) is 12.3 Å². The molecule has 6 nitrogen and oxygen atoms in total. The summed E-state index contributed by atoms with van der Waals surface area (Å²) >= 11 is 0. The third-order valence-electron chi connectivity index (χ3n) is 5.18. The molecule has 1 aliphatic heterocycles. The van der Waals surface area contributed by atoms with E-state index in [1.807, 2.05) is 4.90 Å². The molecule has 0 spiro atoms. The van der Waals surface area contributed by atoms with Crippen LogP contribution < -0.4 is 19.1 Å². The topological polar surface area (TPSA) is 54.4 Å². The van der Waals surface area contributed by atoms with Crippen LogP contribution >= 0.6 is 12.4 Å². The summed E-state index contributed by atoms with van der Waals surface area (Å²) in [5, 5.41) is 10.4. The van der Waals surface area contributed by atoms with Crippen molar-refractivity contribution in [3.05, 3.63) is 48.0 Å². The number of piperazine rings is 1. The van der Waals surface area contributed by atoms with E-state index in [9.17, 15) is 18.3 Å². The van der Waals surface area contributed by atoms with Crippen molar-refractivity contribution in [1.82, 2.24) is 4.90 Å². The number of benzene rings is 2. The smallest absolute Gasteiger partial charge is 0.416 e. The Morgan fingerprint density at radius 3 is 2.12 bits per heavy atom. The van der Waals surface area contributed by atoms with Gasteiger partial charge in [0.15, 0.2) is 11.5 Å². The zero-order chi connectivity index (χ0) is 22.4. The van der Waals surface area contributed by atoms with Crippen molar-refractivity contribution in [2.24, 2.45) is 0 Å². The second kappa shape index (κ2) is 11.5. The molecule has 0 amide bonds. The minimum absolute atomic E-state index is 0. The highest BCUT2D eigenvalue weighted by molar-refractivity contribution is 5.85. The van der Waals surface area contributed by atoms with Crippen molar-refractivity contribution in [2.75, 3.05) is 58.5 Å². The van der Waals surface area contributed by atoms with Gasteiger partial charge in [-0.2, -0.15) is 13.2 Å². The van der Waals surface area contributed by atoms with Gasteiger partial charge in [-0.3, -0.25) is 4.90 Å². The Labute approximate surface area is 191 Å². The van der Waals surface area contributed by atoms with Gasteiger partial charge < -0.3 is 24.2 Å². The maximum absolute atomic E-state index is 12.9. The normalized spacial score (nSPS) is 15.6. The zero-order valence-corrected chi connectivity index (χ0v) is 18.8. The third-order valence-corrected chi connectivity index (χ3v) is 5.18. The number of ether oxygens (including phenoxy) is 3. The Kier molecular flexibility index (Phi) is 9.30. The van der Waals surface area contributed by atoms with E-state index in [1.165, 1.54) is 26.4 Å². The summed E-state index contributed by atoms with van der Waals surface area (Å²) in [6, 6.07) is 10.6. The Balaban J connectivity index is 0.00000363. The second-order valence-corrected chi connectivity index (χ2v) is 7.29. The number of methoxy groups -OCH3 is 2. The van der Waals surface area contributed by atoms with E-state index in [2.05, 4.69) is 4.90 Å². The van der Waals surface area contributed by atoms with E-state index in [0.29, 0.717) is 55.7 Å². The number of alkyl halides is 3. The Bertz CT molecular complexity index is 839. The van der Waals surface area contributed by atoms with Gasteiger partial charge in [0.1, 0.15) is 12.7 Å². The zero-order valence-electron chi connectivity index (χ0n) is 18.0. The SMILES string of the molecule is COc1cccc(OC)c1OCC(O)CN1CCN(c2cccc(C(F)(F)F)c2)CC1.Cl. The van der Waals surface area contributed by atoms with Crippen LogP contribution in [0.1, 0.15) is 5.56 Å². The van der Waals surface area contributed by atoms with Gasteiger partial charge in [0.2, 0.25) is 5.75 Å². The first-order valence-corrected chi connectivity index (χ1v) is 9.98. The molecule has 1 heterocycles. The van der Waals surface area contributed by atoms with E-state index in [0.717, 1.165) is 6.07 Å². The van der Waals surface area contributed by atoms with E-state index < -0.39 is 17.8 Å². The fraction of sp³-hybridized carbons (Fsp3) is 0.455. The summed E-state index contributed by atoms with van der Waals surface area (Å²) in [6.07, 6.45) is -5.10. The molecule has 1 aliphatic rings. The van der Waals surface area contributed by atoms with Crippen LogP contribution in [0.3, 0.4) is 0 Å². The fourth-order valence-electron chi connectivity index (χ4n) is 3.56. The van der Waals surface area contributed by atoms with E-state index >= 15 is 0 Å². The monoisotopic (exact) mass is 476 g/mol. The molecule has 0 aromatic heterocycles. The number of β-amino-alcohol motifs (C(OH)–C–C–N with tert-alkyl or cyclic N) is 1. The fourth-order valence-corrected chi connectivity index (χ4v) is 3.56. The molecule has 3 rings (SSSR count). The first-order chi connectivity index (χ1) is 14.8. The number of halogens is 4. The summed E-state index contributed by atoms with van der Waals surface area (Å²) in [7, 11) is 3.06. The minimum atomic E-state index is -4.36. The molecule has 178 valence electrons. The van der Waals surface area contributed by atoms with Gasteiger partial charge in [-0.15, -0.1) is 12.4 Å². The molecule has 2 aromatic carbocycles. The lowest BCUT2D eigenvalue weighted by atomic mass is 10.1. The Morgan fingerprint density at radius 1 is 0.969 bits per heavy atom. The van der Waals surface area contributed by atoms with Gasteiger partial charge in [-0.05, 0) is 30.3 Å². The lowest BCUT2D eigenvalue weighted by molar-refractivity contribution is -0.137. The van der Waals surface area contributed by atoms with Crippen LogP contribution in [0, 0.1) is 0 Å². The molecular weight excluding hydrogens is 449 g/mol. The molecule has 32 heavy (non-hydrogen) atoms. The number of nitrogens with zero attached hydrogens (tertiary/aromatic N) is 2. The lowest BCUT2D eigenvalue weighted by Crippen LogP contribution is -2.49. The molecule has 10 heteroatoms. The predicted octanol–water partition coefficient (Wildman–Crippen LogP) is 3.71. The first-order valence-electron chi connectivity index (χ1n) is 9.98. The van der Waals surface area contributed by atoms with E-state index in [4.69, 9.17) is 14.2 Å². The quantitative estimate of drug-likeness (QED) is 0.627. The van der Waals surface area contributed by atoms with Crippen molar-refractivity contribution in [3.8, 4) is 17.2 Å². The van der Waals surface area contributed by atoms with Crippen LogP contribution in [0.15, 0.2) is 42.5 Å². The van der Waals surface area contributed by atoms with Crippen LogP contribution in [0.25, 0.3) is 0 Å². The molecule has 1 N–H and O–H groups in total. The van der Waals surface area contributed by atoms with Crippen LogP contribution in [0.5, 0.6) is 17.2 Å². The Morgan fingerprint density at radius 2 is 1.56 bits per heavy atom. The predicted molar refractivity (Wildman–Crippen MR) is 118 cm³/mol. The third kappa shape index (κ3) is 6.57. The van der Waals surface area contributed by atoms with Gasteiger partial charge in [-0.25, -0.2) is 0 Å². The van der Waals surface area contributed by atoms with Crippen molar-refractivity contribution >= 4 is 18.1 Å². The lowest BCUT2D eigenvalue weighted by Gasteiger charge is -2.37. The van der Waals surface area contributed by atoms with E-state index in [-0.39, 0.29) is 19.0 Å². The molecule has 0 aliphatic carbocycles. The number of aliphatic hydroxyl groups is 1. The van der Waals surface area contributed by atoms with Crippen molar-refractivity contribution in [1.29, 1.82) is 0 Å². The van der Waals surface area contributed by atoms with Crippen LogP contribution in [0.4, 0.5) is 18.9 Å². The van der Waals surface area contributed by atoms with Crippen molar-refractivity contribution in [3.63, 3.8) is 0 Å². The number of hydrogen-bond acceptors (Lipinski definition) is 6. The van der Waals surface area contributed by atoms with Gasteiger partial charge in [0.05, 0.1) is 19.8 Å². The summed E-state index contributed by atoms with van der Waals surface area (Å²) in [4.78, 5) is 3.99. The highest BCUT2D eigenvalue weighted by Gasteiger charge is 2.31. The number of para-hydroxylation sites is 1.